The molecule has 0 radical (unpaired) electrons. The lowest BCUT2D eigenvalue weighted by atomic mass is 10.3. The molecule has 6 heteroatoms. The van der Waals surface area contributed by atoms with Crippen LogP contribution in [0.2, 0.25) is 10.0 Å². The fourth-order valence-electron chi connectivity index (χ4n) is 1.51. The van der Waals surface area contributed by atoms with Crippen LogP contribution in [0.5, 0.6) is 0 Å². The van der Waals surface area contributed by atoms with E-state index in [2.05, 4.69) is 10.1 Å². The van der Waals surface area contributed by atoms with Crippen LogP contribution in [0.25, 0.3) is 0 Å². The molecule has 0 aliphatic heterocycles. The fraction of sp³-hybridized carbons (Fsp3) is 0.154. The van der Waals surface area contributed by atoms with Crippen LogP contribution in [0.1, 0.15) is 16.1 Å². The second-order valence-corrected chi connectivity index (χ2v) is 4.61. The third-order valence-corrected chi connectivity index (χ3v) is 3.02. The van der Waals surface area contributed by atoms with Gasteiger partial charge in [-0.1, -0.05) is 23.2 Å². The van der Waals surface area contributed by atoms with Crippen molar-refractivity contribution >= 4 is 34.9 Å². The highest BCUT2D eigenvalue weighted by molar-refractivity contribution is 6.35. The number of carbonyl (C=O) groups excluding carboxylic acids is 1. The quantitative estimate of drug-likeness (QED) is 0.868. The minimum absolute atomic E-state index is 0.372. The number of benzene rings is 1. The standard InChI is InChI=1S/C13H11Cl2NO3/c1-18-13(17)8-4-10(19-7-8)6-16-12-5-9(14)2-3-11(12)15/h2-5,7,16H,6H2,1H3. The van der Waals surface area contributed by atoms with Crippen molar-refractivity contribution < 1.29 is 13.9 Å². The van der Waals surface area contributed by atoms with Gasteiger partial charge in [-0.3, -0.25) is 0 Å². The van der Waals surface area contributed by atoms with Gasteiger partial charge in [-0.05, 0) is 24.3 Å². The molecule has 0 atom stereocenters. The summed E-state index contributed by atoms with van der Waals surface area (Å²) in [6.07, 6.45) is 1.35. The van der Waals surface area contributed by atoms with Gasteiger partial charge in [0.05, 0.1) is 29.9 Å². The maximum atomic E-state index is 11.3. The normalized spacial score (nSPS) is 10.3. The highest BCUT2D eigenvalue weighted by Crippen LogP contribution is 2.26. The summed E-state index contributed by atoms with van der Waals surface area (Å²) < 4.78 is 9.83. The Morgan fingerprint density at radius 2 is 2.16 bits per heavy atom. The predicted octanol–water partition coefficient (Wildman–Crippen LogP) is 3.99. The Hall–Kier alpha value is -1.65. The zero-order chi connectivity index (χ0) is 13.8. The van der Waals surface area contributed by atoms with Gasteiger partial charge < -0.3 is 14.5 Å². The number of halogens is 2. The summed E-state index contributed by atoms with van der Waals surface area (Å²) in [5.41, 5.74) is 1.07. The van der Waals surface area contributed by atoms with Crippen LogP contribution in [0, 0.1) is 0 Å². The SMILES string of the molecule is COC(=O)c1coc(CNc2cc(Cl)ccc2Cl)c1. The first-order valence-electron chi connectivity index (χ1n) is 5.45. The van der Waals surface area contributed by atoms with Crippen molar-refractivity contribution in [1.29, 1.82) is 0 Å². The first-order valence-corrected chi connectivity index (χ1v) is 6.20. The highest BCUT2D eigenvalue weighted by Gasteiger charge is 2.10. The Bertz CT molecular complexity index is 595. The number of nitrogens with one attached hydrogen (secondary N) is 1. The fourth-order valence-corrected chi connectivity index (χ4v) is 1.87. The largest absolute Gasteiger partial charge is 0.467 e. The average Bonchev–Trinajstić information content (AvgIpc) is 2.88. The maximum Gasteiger partial charge on any atom is 0.341 e. The molecule has 0 amide bonds. The topological polar surface area (TPSA) is 51.5 Å². The number of hydrogen-bond acceptors (Lipinski definition) is 4. The maximum absolute atomic E-state index is 11.3. The van der Waals surface area contributed by atoms with Crippen LogP contribution >= 0.6 is 23.2 Å². The molecular weight excluding hydrogens is 289 g/mol. The van der Waals surface area contributed by atoms with Crippen molar-refractivity contribution in [2.45, 2.75) is 6.54 Å². The smallest absolute Gasteiger partial charge is 0.341 e. The summed E-state index contributed by atoms with van der Waals surface area (Å²) >= 11 is 11.9. The van der Waals surface area contributed by atoms with Gasteiger partial charge in [0.2, 0.25) is 0 Å². The Labute approximate surface area is 120 Å². The Morgan fingerprint density at radius 3 is 2.89 bits per heavy atom. The summed E-state index contributed by atoms with van der Waals surface area (Å²) in [5.74, 6) is 0.159. The molecule has 1 aromatic heterocycles. The van der Waals surface area contributed by atoms with Crippen molar-refractivity contribution in [3.05, 3.63) is 51.9 Å². The lowest BCUT2D eigenvalue weighted by Gasteiger charge is -2.06. The van der Waals surface area contributed by atoms with Crippen LogP contribution in [0.15, 0.2) is 34.9 Å². The molecule has 0 saturated heterocycles. The van der Waals surface area contributed by atoms with Gasteiger partial charge in [0.1, 0.15) is 12.0 Å². The molecule has 19 heavy (non-hydrogen) atoms. The molecule has 0 aliphatic carbocycles. The van der Waals surface area contributed by atoms with Crippen LogP contribution < -0.4 is 5.32 Å². The number of methoxy groups -OCH3 is 1. The van der Waals surface area contributed by atoms with Gasteiger partial charge in [-0.15, -0.1) is 0 Å². The molecule has 0 saturated carbocycles. The average molecular weight is 300 g/mol. The van der Waals surface area contributed by atoms with E-state index in [0.717, 1.165) is 0 Å². The Kier molecular flexibility index (Phi) is 4.35. The minimum atomic E-state index is -0.434. The van der Waals surface area contributed by atoms with E-state index < -0.39 is 5.97 Å². The molecule has 1 heterocycles. The molecular formula is C13H11Cl2NO3. The zero-order valence-corrected chi connectivity index (χ0v) is 11.6. The van der Waals surface area contributed by atoms with E-state index in [-0.39, 0.29) is 0 Å². The number of hydrogen-bond donors (Lipinski definition) is 1. The summed E-state index contributed by atoms with van der Waals surface area (Å²) in [6, 6.07) is 6.73. The lowest BCUT2D eigenvalue weighted by molar-refractivity contribution is 0.0600. The van der Waals surface area contributed by atoms with E-state index in [0.29, 0.717) is 33.6 Å². The van der Waals surface area contributed by atoms with Gasteiger partial charge in [0.15, 0.2) is 0 Å². The molecule has 1 N–H and O–H groups in total. The molecule has 0 unspecified atom stereocenters. The van der Waals surface area contributed by atoms with Crippen molar-refractivity contribution in [3.8, 4) is 0 Å². The van der Waals surface area contributed by atoms with Gasteiger partial charge in [-0.2, -0.15) is 0 Å². The first-order chi connectivity index (χ1) is 9.10. The highest BCUT2D eigenvalue weighted by atomic mass is 35.5. The summed E-state index contributed by atoms with van der Waals surface area (Å²) in [4.78, 5) is 11.3. The van der Waals surface area contributed by atoms with Crippen LogP contribution in [-0.4, -0.2) is 13.1 Å². The molecule has 0 aliphatic rings. The number of anilines is 1. The molecule has 1 aromatic carbocycles. The second-order valence-electron chi connectivity index (χ2n) is 3.77. The second kappa shape index (κ2) is 5.99. The van der Waals surface area contributed by atoms with Crippen LogP contribution in [0.3, 0.4) is 0 Å². The van der Waals surface area contributed by atoms with E-state index in [4.69, 9.17) is 27.6 Å². The summed E-state index contributed by atoms with van der Waals surface area (Å²) in [6.45, 7) is 0.386. The van der Waals surface area contributed by atoms with Gasteiger partial charge >= 0.3 is 5.97 Å². The van der Waals surface area contributed by atoms with E-state index in [1.165, 1.54) is 13.4 Å². The van der Waals surface area contributed by atoms with Gasteiger partial charge in [-0.25, -0.2) is 4.79 Å². The van der Waals surface area contributed by atoms with E-state index in [1.807, 2.05) is 0 Å². The van der Waals surface area contributed by atoms with Gasteiger partial charge in [0.25, 0.3) is 0 Å². The number of rotatable bonds is 4. The Morgan fingerprint density at radius 1 is 1.37 bits per heavy atom. The molecule has 4 nitrogen and oxygen atoms in total. The van der Waals surface area contributed by atoms with E-state index >= 15 is 0 Å². The van der Waals surface area contributed by atoms with Crippen molar-refractivity contribution in [1.82, 2.24) is 0 Å². The van der Waals surface area contributed by atoms with Crippen molar-refractivity contribution in [3.63, 3.8) is 0 Å². The van der Waals surface area contributed by atoms with Gasteiger partial charge in [0, 0.05) is 5.02 Å². The Balaban J connectivity index is 2.04. The number of furan rings is 1. The van der Waals surface area contributed by atoms with Crippen LogP contribution in [-0.2, 0) is 11.3 Å². The van der Waals surface area contributed by atoms with E-state index in [1.54, 1.807) is 24.3 Å². The first kappa shape index (κ1) is 13.8. The number of esters is 1. The van der Waals surface area contributed by atoms with Crippen LogP contribution in [0.4, 0.5) is 5.69 Å². The zero-order valence-electron chi connectivity index (χ0n) is 10.1. The number of carbonyl (C=O) groups is 1. The predicted molar refractivity (Wildman–Crippen MR) is 73.8 cm³/mol. The molecule has 2 rings (SSSR count). The monoisotopic (exact) mass is 299 g/mol. The third-order valence-electron chi connectivity index (χ3n) is 2.46. The summed E-state index contributed by atoms with van der Waals surface area (Å²) in [7, 11) is 1.32. The molecule has 2 aromatic rings. The molecule has 100 valence electrons. The lowest BCUT2D eigenvalue weighted by Crippen LogP contribution is -2.00. The van der Waals surface area contributed by atoms with Crippen molar-refractivity contribution in [2.24, 2.45) is 0 Å². The molecule has 0 fully saturated rings. The molecule has 0 spiro atoms. The minimum Gasteiger partial charge on any atom is -0.467 e. The molecule has 0 bridgehead atoms. The summed E-state index contributed by atoms with van der Waals surface area (Å²) in [5, 5.41) is 4.22. The number of ether oxygens (including phenoxy) is 1. The van der Waals surface area contributed by atoms with E-state index in [9.17, 15) is 4.79 Å². The van der Waals surface area contributed by atoms with Crippen molar-refractivity contribution in [2.75, 3.05) is 12.4 Å². The third kappa shape index (κ3) is 3.43.